The van der Waals surface area contributed by atoms with Crippen LogP contribution in [0.15, 0.2) is 18.2 Å². The summed E-state index contributed by atoms with van der Waals surface area (Å²) in [4.78, 5) is 0. The van der Waals surface area contributed by atoms with Gasteiger partial charge < -0.3 is 0 Å². The minimum atomic E-state index is -0.342. The summed E-state index contributed by atoms with van der Waals surface area (Å²) in [6.45, 7) is 2.08. The number of halogens is 2. The molecule has 1 aromatic carbocycles. The number of thioether (sulfide) groups is 1. The molecular weight excluding hydrogens is 247 g/mol. The fourth-order valence-electron chi connectivity index (χ4n) is 1.40. The largest absolute Gasteiger partial charge is 0.271 e. The van der Waals surface area contributed by atoms with Crippen LogP contribution in [0.5, 0.6) is 0 Å². The highest BCUT2D eigenvalue weighted by atomic mass is 35.5. The zero-order valence-electron chi connectivity index (χ0n) is 9.17. The summed E-state index contributed by atoms with van der Waals surface area (Å²) in [6.07, 6.45) is 0.551. The van der Waals surface area contributed by atoms with Crippen LogP contribution in [-0.4, -0.2) is 17.5 Å². The van der Waals surface area contributed by atoms with Gasteiger partial charge in [0.25, 0.3) is 0 Å². The molecule has 0 bridgehead atoms. The number of hydrogen-bond acceptors (Lipinski definition) is 3. The van der Waals surface area contributed by atoms with Crippen molar-refractivity contribution in [2.75, 3.05) is 11.5 Å². The van der Waals surface area contributed by atoms with Crippen molar-refractivity contribution in [3.8, 4) is 0 Å². The summed E-state index contributed by atoms with van der Waals surface area (Å²) in [6, 6.07) is 5.10. The van der Waals surface area contributed by atoms with Gasteiger partial charge in [0, 0.05) is 11.8 Å². The van der Waals surface area contributed by atoms with Gasteiger partial charge in [-0.3, -0.25) is 11.3 Å². The summed E-state index contributed by atoms with van der Waals surface area (Å²) >= 11 is 7.49. The van der Waals surface area contributed by atoms with Crippen LogP contribution in [0.4, 0.5) is 4.39 Å². The van der Waals surface area contributed by atoms with Gasteiger partial charge in [0.05, 0.1) is 5.02 Å². The molecule has 90 valence electrons. The van der Waals surface area contributed by atoms with E-state index in [0.717, 1.165) is 11.5 Å². The highest BCUT2D eigenvalue weighted by Gasteiger charge is 2.12. The SMILES string of the molecule is CCSCC(Cc1cccc(Cl)c1F)NN. The van der Waals surface area contributed by atoms with E-state index in [1.807, 2.05) is 0 Å². The van der Waals surface area contributed by atoms with Gasteiger partial charge in [-0.1, -0.05) is 30.7 Å². The van der Waals surface area contributed by atoms with Crippen LogP contribution >= 0.6 is 23.4 Å². The lowest BCUT2D eigenvalue weighted by Crippen LogP contribution is -2.39. The highest BCUT2D eigenvalue weighted by Crippen LogP contribution is 2.19. The highest BCUT2D eigenvalue weighted by molar-refractivity contribution is 7.99. The van der Waals surface area contributed by atoms with Crippen LogP contribution in [0.3, 0.4) is 0 Å². The second-order valence-corrected chi connectivity index (χ2v) is 5.17. The maximum absolute atomic E-state index is 13.6. The Kier molecular flexibility index (Phi) is 6.13. The second kappa shape index (κ2) is 7.12. The lowest BCUT2D eigenvalue weighted by molar-refractivity contribution is 0.547. The normalized spacial score (nSPS) is 12.8. The molecular formula is C11H16ClFN2S. The van der Waals surface area contributed by atoms with E-state index in [1.54, 1.807) is 30.0 Å². The number of benzene rings is 1. The molecule has 0 aromatic heterocycles. The Morgan fingerprint density at radius 2 is 2.31 bits per heavy atom. The monoisotopic (exact) mass is 262 g/mol. The average Bonchev–Trinajstić information content (AvgIpc) is 2.30. The molecule has 0 aliphatic heterocycles. The van der Waals surface area contributed by atoms with Crippen LogP contribution in [0.25, 0.3) is 0 Å². The van der Waals surface area contributed by atoms with E-state index in [-0.39, 0.29) is 16.9 Å². The predicted octanol–water partition coefficient (Wildman–Crippen LogP) is 2.61. The van der Waals surface area contributed by atoms with Crippen molar-refractivity contribution < 1.29 is 4.39 Å². The Balaban J connectivity index is 2.66. The molecule has 1 aromatic rings. The van der Waals surface area contributed by atoms with Gasteiger partial charge in [-0.05, 0) is 23.8 Å². The van der Waals surface area contributed by atoms with E-state index in [9.17, 15) is 4.39 Å². The zero-order valence-corrected chi connectivity index (χ0v) is 10.7. The van der Waals surface area contributed by atoms with Gasteiger partial charge in [-0.2, -0.15) is 11.8 Å². The number of nitrogens with two attached hydrogens (primary N) is 1. The second-order valence-electron chi connectivity index (χ2n) is 3.44. The van der Waals surface area contributed by atoms with Crippen molar-refractivity contribution in [1.82, 2.24) is 5.43 Å². The van der Waals surface area contributed by atoms with Crippen LogP contribution < -0.4 is 11.3 Å². The van der Waals surface area contributed by atoms with Crippen molar-refractivity contribution in [2.45, 2.75) is 19.4 Å². The number of nitrogens with one attached hydrogen (secondary N) is 1. The van der Waals surface area contributed by atoms with Crippen molar-refractivity contribution in [2.24, 2.45) is 5.84 Å². The maximum Gasteiger partial charge on any atom is 0.145 e. The fraction of sp³-hybridized carbons (Fsp3) is 0.455. The number of hydrogen-bond donors (Lipinski definition) is 2. The summed E-state index contributed by atoms with van der Waals surface area (Å²) in [5.41, 5.74) is 3.31. The van der Waals surface area contributed by atoms with Crippen molar-refractivity contribution in [3.63, 3.8) is 0 Å². The third-order valence-corrected chi connectivity index (χ3v) is 3.59. The van der Waals surface area contributed by atoms with Crippen molar-refractivity contribution >= 4 is 23.4 Å². The maximum atomic E-state index is 13.6. The molecule has 1 rings (SSSR count). The van der Waals surface area contributed by atoms with Crippen LogP contribution in [0, 0.1) is 5.82 Å². The summed E-state index contributed by atoms with van der Waals surface area (Å²) in [5.74, 6) is 6.97. The van der Waals surface area contributed by atoms with Gasteiger partial charge in [-0.25, -0.2) is 4.39 Å². The molecule has 0 saturated carbocycles. The Morgan fingerprint density at radius 3 is 2.94 bits per heavy atom. The summed E-state index contributed by atoms with van der Waals surface area (Å²) in [7, 11) is 0. The van der Waals surface area contributed by atoms with E-state index in [1.165, 1.54) is 0 Å². The zero-order chi connectivity index (χ0) is 12.0. The first-order valence-electron chi connectivity index (χ1n) is 5.15. The molecule has 0 amide bonds. The van der Waals surface area contributed by atoms with Crippen LogP contribution in [0.2, 0.25) is 5.02 Å². The third-order valence-electron chi connectivity index (χ3n) is 2.26. The first kappa shape index (κ1) is 13.8. The quantitative estimate of drug-likeness (QED) is 0.611. The number of hydrazine groups is 1. The van der Waals surface area contributed by atoms with Gasteiger partial charge in [0.1, 0.15) is 5.82 Å². The van der Waals surface area contributed by atoms with Gasteiger partial charge in [-0.15, -0.1) is 0 Å². The van der Waals surface area contributed by atoms with Crippen LogP contribution in [0.1, 0.15) is 12.5 Å². The lowest BCUT2D eigenvalue weighted by Gasteiger charge is -2.15. The molecule has 3 N–H and O–H groups in total. The molecule has 0 aliphatic rings. The molecule has 0 aliphatic carbocycles. The fourth-order valence-corrected chi connectivity index (χ4v) is 2.33. The molecule has 0 saturated heterocycles. The van der Waals surface area contributed by atoms with E-state index >= 15 is 0 Å². The molecule has 5 heteroatoms. The topological polar surface area (TPSA) is 38.0 Å². The standard InChI is InChI=1S/C11H16ClFN2S/c1-2-16-7-9(15-14)6-8-4-3-5-10(12)11(8)13/h3-5,9,15H,2,6-7,14H2,1H3. The first-order chi connectivity index (χ1) is 7.69. The van der Waals surface area contributed by atoms with E-state index in [0.29, 0.717) is 12.0 Å². The van der Waals surface area contributed by atoms with Gasteiger partial charge in [0.15, 0.2) is 0 Å². The molecule has 0 heterocycles. The lowest BCUT2D eigenvalue weighted by atomic mass is 10.1. The molecule has 16 heavy (non-hydrogen) atoms. The van der Waals surface area contributed by atoms with Crippen molar-refractivity contribution in [3.05, 3.63) is 34.6 Å². The van der Waals surface area contributed by atoms with Crippen LogP contribution in [-0.2, 0) is 6.42 Å². The minimum absolute atomic E-state index is 0.0675. The van der Waals surface area contributed by atoms with E-state index in [2.05, 4.69) is 12.3 Å². The third kappa shape index (κ3) is 3.94. The molecule has 0 radical (unpaired) electrons. The number of rotatable bonds is 6. The van der Waals surface area contributed by atoms with Gasteiger partial charge in [0.2, 0.25) is 0 Å². The Morgan fingerprint density at radius 1 is 1.56 bits per heavy atom. The summed E-state index contributed by atoms with van der Waals surface area (Å²) in [5, 5.41) is 0.163. The minimum Gasteiger partial charge on any atom is -0.271 e. The van der Waals surface area contributed by atoms with Gasteiger partial charge >= 0.3 is 0 Å². The molecule has 2 nitrogen and oxygen atoms in total. The molecule has 0 fully saturated rings. The van der Waals surface area contributed by atoms with E-state index < -0.39 is 0 Å². The molecule has 1 unspecified atom stereocenters. The molecule has 0 spiro atoms. The first-order valence-corrected chi connectivity index (χ1v) is 6.69. The smallest absolute Gasteiger partial charge is 0.145 e. The Bertz CT molecular complexity index is 336. The Labute approximate surface area is 105 Å². The summed E-state index contributed by atoms with van der Waals surface area (Å²) < 4.78 is 13.6. The predicted molar refractivity (Wildman–Crippen MR) is 69.2 cm³/mol. The molecule has 1 atom stereocenters. The Hall–Kier alpha value is -0.290. The van der Waals surface area contributed by atoms with E-state index in [4.69, 9.17) is 17.4 Å². The average molecular weight is 263 g/mol. The van der Waals surface area contributed by atoms with Crippen molar-refractivity contribution in [1.29, 1.82) is 0 Å².